The Morgan fingerprint density at radius 1 is 1.29 bits per heavy atom. The normalized spacial score (nSPS) is 11.8. The lowest BCUT2D eigenvalue weighted by Gasteiger charge is -2.18. The minimum absolute atomic E-state index is 0.481. The number of fused-ring (bicyclic) bond motifs is 1. The van der Waals surface area contributed by atoms with Crippen LogP contribution in [-0.4, -0.2) is 41.5 Å². The maximum atomic E-state index is 11.9. The Balaban J connectivity index is 1.93. The van der Waals surface area contributed by atoms with Gasteiger partial charge in [-0.2, -0.15) is 9.36 Å². The molecule has 0 aromatic carbocycles. The van der Waals surface area contributed by atoms with Gasteiger partial charge in [-0.05, 0) is 26.8 Å². The second kappa shape index (κ2) is 4.65. The second-order valence-electron chi connectivity index (χ2n) is 5.46. The van der Waals surface area contributed by atoms with Gasteiger partial charge in [0, 0.05) is 18.5 Å². The van der Waals surface area contributed by atoms with E-state index in [1.54, 1.807) is 45.3 Å². The van der Waals surface area contributed by atoms with Gasteiger partial charge in [-0.3, -0.25) is 4.98 Å². The van der Waals surface area contributed by atoms with Crippen molar-refractivity contribution < 1.29 is 9.53 Å². The third kappa shape index (κ3) is 2.60. The molecule has 0 amide bonds. The summed E-state index contributed by atoms with van der Waals surface area (Å²) in [5.41, 5.74) is 0.846. The van der Waals surface area contributed by atoms with Crippen LogP contribution in [0.1, 0.15) is 20.8 Å². The Morgan fingerprint density at radius 3 is 2.86 bits per heavy atom. The first-order valence-electron chi connectivity index (χ1n) is 6.39. The van der Waals surface area contributed by atoms with Gasteiger partial charge < -0.3 is 4.74 Å². The largest absolute Gasteiger partial charge is 0.442 e. The zero-order chi connectivity index (χ0) is 15.0. The number of ether oxygens (including phenoxy) is 1. The summed E-state index contributed by atoms with van der Waals surface area (Å²) in [6, 6.07) is 3.44. The fraction of sp³-hybridized carbons (Fsp3) is 0.308. The highest BCUT2D eigenvalue weighted by Crippen LogP contribution is 2.14. The van der Waals surface area contributed by atoms with Crippen molar-refractivity contribution in [3.63, 3.8) is 0 Å². The summed E-state index contributed by atoms with van der Waals surface area (Å²) in [7, 11) is 0. The van der Waals surface area contributed by atoms with E-state index in [4.69, 9.17) is 4.74 Å². The molecule has 3 aromatic heterocycles. The van der Waals surface area contributed by atoms with E-state index in [-0.39, 0.29) is 0 Å². The van der Waals surface area contributed by atoms with Crippen molar-refractivity contribution in [2.75, 3.05) is 0 Å². The van der Waals surface area contributed by atoms with Gasteiger partial charge in [-0.15, -0.1) is 10.2 Å². The molecule has 3 rings (SSSR count). The highest BCUT2D eigenvalue weighted by atomic mass is 16.6. The van der Waals surface area contributed by atoms with Gasteiger partial charge in [0.05, 0.1) is 11.7 Å². The summed E-state index contributed by atoms with van der Waals surface area (Å²) >= 11 is 0. The van der Waals surface area contributed by atoms with Crippen LogP contribution in [0.25, 0.3) is 16.9 Å². The summed E-state index contributed by atoms with van der Waals surface area (Å²) in [4.78, 5) is 15.9. The smallest absolute Gasteiger partial charge is 0.435 e. The predicted octanol–water partition coefficient (Wildman–Crippen LogP) is 1.80. The maximum Gasteiger partial charge on any atom is 0.435 e. The molecular formula is C13H14N6O2. The molecule has 3 heterocycles. The molecule has 108 valence electrons. The molecule has 8 heteroatoms. The minimum atomic E-state index is -0.575. The Kier molecular flexibility index (Phi) is 2.93. The van der Waals surface area contributed by atoms with Crippen LogP contribution in [0, 0.1) is 0 Å². The summed E-state index contributed by atoms with van der Waals surface area (Å²) < 4.78 is 7.92. The zero-order valence-corrected chi connectivity index (χ0v) is 11.9. The van der Waals surface area contributed by atoms with Crippen LogP contribution in [0.4, 0.5) is 4.79 Å². The SMILES string of the molecule is CC(C)(C)OC(=O)n1ccc(-n2nnc3cnccc32)n1. The monoisotopic (exact) mass is 286 g/mol. The predicted molar refractivity (Wildman–Crippen MR) is 74.1 cm³/mol. The van der Waals surface area contributed by atoms with Crippen LogP contribution in [0.3, 0.4) is 0 Å². The molecule has 0 bridgehead atoms. The van der Waals surface area contributed by atoms with Crippen LogP contribution < -0.4 is 0 Å². The molecule has 0 fully saturated rings. The van der Waals surface area contributed by atoms with Gasteiger partial charge in [0.25, 0.3) is 0 Å². The van der Waals surface area contributed by atoms with E-state index in [1.807, 2.05) is 0 Å². The number of hydrogen-bond acceptors (Lipinski definition) is 6. The Bertz CT molecular complexity index is 798. The van der Waals surface area contributed by atoms with Crippen LogP contribution in [-0.2, 0) is 4.74 Å². The van der Waals surface area contributed by atoms with Crippen LogP contribution in [0.15, 0.2) is 30.7 Å². The number of aromatic nitrogens is 6. The molecule has 0 saturated heterocycles. The summed E-state index contributed by atoms with van der Waals surface area (Å²) in [5, 5.41) is 12.2. The molecule has 0 aliphatic rings. The fourth-order valence-electron chi connectivity index (χ4n) is 1.78. The summed E-state index contributed by atoms with van der Waals surface area (Å²) in [5.74, 6) is 0.481. The Hall–Kier alpha value is -2.77. The van der Waals surface area contributed by atoms with Gasteiger partial charge in [0.15, 0.2) is 5.82 Å². The van der Waals surface area contributed by atoms with Gasteiger partial charge in [0.2, 0.25) is 0 Å². The average Bonchev–Trinajstić information content (AvgIpc) is 3.03. The number of nitrogens with zero attached hydrogens (tertiary/aromatic N) is 6. The fourth-order valence-corrected chi connectivity index (χ4v) is 1.78. The number of carbonyl (C=O) groups excluding carboxylic acids is 1. The van der Waals surface area contributed by atoms with Crippen LogP contribution >= 0.6 is 0 Å². The molecule has 0 aliphatic heterocycles. The number of pyridine rings is 1. The molecule has 0 N–H and O–H groups in total. The molecule has 21 heavy (non-hydrogen) atoms. The minimum Gasteiger partial charge on any atom is -0.442 e. The van der Waals surface area contributed by atoms with E-state index in [2.05, 4.69) is 20.4 Å². The Labute approximate surface area is 120 Å². The van der Waals surface area contributed by atoms with Crippen molar-refractivity contribution in [3.8, 4) is 5.82 Å². The molecule has 0 unspecified atom stereocenters. The van der Waals surface area contributed by atoms with Crippen molar-refractivity contribution in [2.24, 2.45) is 0 Å². The molecule has 8 nitrogen and oxygen atoms in total. The first-order valence-corrected chi connectivity index (χ1v) is 6.39. The van der Waals surface area contributed by atoms with Gasteiger partial charge in [0.1, 0.15) is 11.1 Å². The lowest BCUT2D eigenvalue weighted by atomic mass is 10.2. The van der Waals surface area contributed by atoms with Gasteiger partial charge >= 0.3 is 6.09 Å². The quantitative estimate of drug-likeness (QED) is 0.677. The average molecular weight is 286 g/mol. The van der Waals surface area contributed by atoms with E-state index < -0.39 is 11.7 Å². The maximum absolute atomic E-state index is 11.9. The zero-order valence-electron chi connectivity index (χ0n) is 11.9. The van der Waals surface area contributed by atoms with Gasteiger partial charge in [-0.25, -0.2) is 4.79 Å². The highest BCUT2D eigenvalue weighted by Gasteiger charge is 2.19. The molecule has 0 spiro atoms. The molecular weight excluding hydrogens is 272 g/mol. The van der Waals surface area contributed by atoms with Crippen molar-refractivity contribution in [1.82, 2.24) is 29.8 Å². The lowest BCUT2D eigenvalue weighted by molar-refractivity contribution is 0.0514. The van der Waals surface area contributed by atoms with Crippen molar-refractivity contribution in [2.45, 2.75) is 26.4 Å². The van der Waals surface area contributed by atoms with E-state index >= 15 is 0 Å². The van der Waals surface area contributed by atoms with E-state index in [9.17, 15) is 4.79 Å². The molecule has 0 atom stereocenters. The van der Waals surface area contributed by atoms with Crippen LogP contribution in [0.5, 0.6) is 0 Å². The standard InChI is InChI=1S/C13H14N6O2/c1-13(2,3)21-12(20)18-7-5-11(16-18)19-10-4-6-14-8-9(10)15-17-19/h4-8H,1-3H3. The topological polar surface area (TPSA) is 87.7 Å². The van der Waals surface area contributed by atoms with Gasteiger partial charge in [-0.1, -0.05) is 5.21 Å². The third-order valence-electron chi connectivity index (χ3n) is 2.62. The lowest BCUT2D eigenvalue weighted by Crippen LogP contribution is -2.27. The highest BCUT2D eigenvalue weighted by molar-refractivity contribution is 5.74. The van der Waals surface area contributed by atoms with E-state index in [0.29, 0.717) is 11.3 Å². The van der Waals surface area contributed by atoms with E-state index in [1.165, 1.54) is 10.9 Å². The summed E-state index contributed by atoms with van der Waals surface area (Å²) in [6.07, 6.45) is 4.24. The molecule has 0 saturated carbocycles. The number of rotatable bonds is 1. The first kappa shape index (κ1) is 13.2. The van der Waals surface area contributed by atoms with Crippen molar-refractivity contribution >= 4 is 17.1 Å². The second-order valence-corrected chi connectivity index (χ2v) is 5.46. The first-order chi connectivity index (χ1) is 9.94. The molecule has 0 aliphatic carbocycles. The molecule has 3 aromatic rings. The van der Waals surface area contributed by atoms with Crippen molar-refractivity contribution in [1.29, 1.82) is 0 Å². The van der Waals surface area contributed by atoms with Crippen LogP contribution in [0.2, 0.25) is 0 Å². The van der Waals surface area contributed by atoms with Crippen molar-refractivity contribution in [3.05, 3.63) is 30.7 Å². The third-order valence-corrected chi connectivity index (χ3v) is 2.62. The Morgan fingerprint density at radius 2 is 2.10 bits per heavy atom. The number of hydrogen-bond donors (Lipinski definition) is 0. The van der Waals surface area contributed by atoms with E-state index in [0.717, 1.165) is 10.2 Å². The molecule has 0 radical (unpaired) electrons. The number of carbonyl (C=O) groups is 1. The summed E-state index contributed by atoms with van der Waals surface area (Å²) in [6.45, 7) is 5.40.